The monoisotopic (exact) mass is 325 g/mol. The van der Waals surface area contributed by atoms with E-state index in [1.807, 2.05) is 52.2 Å². The molecule has 0 fully saturated rings. The molecule has 0 bridgehead atoms. The number of para-hydroxylation sites is 2. The fourth-order valence-corrected chi connectivity index (χ4v) is 2.28. The molecule has 0 aliphatic heterocycles. The maximum Gasteiger partial charge on any atom is 0.270 e. The molecule has 1 amide bonds. The van der Waals surface area contributed by atoms with Crippen LogP contribution in [0.15, 0.2) is 34.7 Å². The van der Waals surface area contributed by atoms with Crippen molar-refractivity contribution in [1.29, 1.82) is 0 Å². The summed E-state index contributed by atoms with van der Waals surface area (Å²) in [7, 11) is 3.66. The predicted molar refractivity (Wildman–Crippen MR) is 91.0 cm³/mol. The number of rotatable bonds is 4. The highest BCUT2D eigenvalue weighted by molar-refractivity contribution is 5.92. The number of anilines is 1. The predicted octanol–water partition coefficient (Wildman–Crippen LogP) is 2.48. The van der Waals surface area contributed by atoms with Crippen molar-refractivity contribution in [1.82, 2.24) is 20.3 Å². The Labute approximate surface area is 139 Å². The molecule has 0 aliphatic rings. The minimum Gasteiger partial charge on any atom is -0.438 e. The summed E-state index contributed by atoms with van der Waals surface area (Å²) in [4.78, 5) is 27.2. The summed E-state index contributed by atoms with van der Waals surface area (Å²) in [5.74, 6) is 0.663. The van der Waals surface area contributed by atoms with Gasteiger partial charge in [0.2, 0.25) is 11.8 Å². The molecule has 3 aromatic rings. The summed E-state index contributed by atoms with van der Waals surface area (Å²) < 4.78 is 5.69. The fourth-order valence-electron chi connectivity index (χ4n) is 2.28. The lowest BCUT2D eigenvalue weighted by Gasteiger charge is -2.13. The molecule has 24 heavy (non-hydrogen) atoms. The van der Waals surface area contributed by atoms with Crippen molar-refractivity contribution in [3.05, 3.63) is 47.6 Å². The first-order valence-corrected chi connectivity index (χ1v) is 7.63. The molecule has 0 aliphatic carbocycles. The van der Waals surface area contributed by atoms with Gasteiger partial charge in [0.15, 0.2) is 5.58 Å². The zero-order chi connectivity index (χ0) is 17.3. The lowest BCUT2D eigenvalue weighted by molar-refractivity contribution is 0.0929. The van der Waals surface area contributed by atoms with Crippen LogP contribution in [-0.2, 0) is 0 Å². The molecule has 2 heterocycles. The van der Waals surface area contributed by atoms with Gasteiger partial charge in [-0.2, -0.15) is 0 Å². The van der Waals surface area contributed by atoms with Crippen molar-refractivity contribution in [3.63, 3.8) is 0 Å². The second-order valence-electron chi connectivity index (χ2n) is 5.80. The molecule has 3 rings (SSSR count). The van der Waals surface area contributed by atoms with Crippen molar-refractivity contribution in [2.75, 3.05) is 19.0 Å². The second kappa shape index (κ2) is 6.27. The van der Waals surface area contributed by atoms with E-state index in [9.17, 15) is 4.79 Å². The average molecular weight is 325 g/mol. The molecule has 0 saturated heterocycles. The number of hydrogen-bond acceptors (Lipinski definition) is 6. The molecule has 1 unspecified atom stereocenters. The summed E-state index contributed by atoms with van der Waals surface area (Å²) >= 11 is 0. The standard InChI is InChI=1S/C17H19N5O2/c1-10-9-13(21-17(18-10)22(3)4)15(23)19-11(2)16-20-12-7-5-6-8-14(12)24-16/h5-9,11H,1-4H3,(H,19,23). The third kappa shape index (κ3) is 3.19. The molecule has 0 saturated carbocycles. The first-order chi connectivity index (χ1) is 11.4. The number of aromatic nitrogens is 3. The highest BCUT2D eigenvalue weighted by Gasteiger charge is 2.18. The van der Waals surface area contributed by atoms with E-state index in [-0.39, 0.29) is 11.9 Å². The second-order valence-corrected chi connectivity index (χ2v) is 5.80. The molecule has 1 atom stereocenters. The quantitative estimate of drug-likeness (QED) is 0.793. The van der Waals surface area contributed by atoms with E-state index in [1.165, 1.54) is 0 Å². The van der Waals surface area contributed by atoms with E-state index in [2.05, 4.69) is 20.3 Å². The SMILES string of the molecule is Cc1cc(C(=O)NC(C)c2nc3ccccc3o2)nc(N(C)C)n1. The number of nitrogens with zero attached hydrogens (tertiary/aromatic N) is 4. The van der Waals surface area contributed by atoms with Gasteiger partial charge in [0, 0.05) is 19.8 Å². The van der Waals surface area contributed by atoms with E-state index in [0.717, 1.165) is 11.2 Å². The van der Waals surface area contributed by atoms with Crippen molar-refractivity contribution < 1.29 is 9.21 Å². The maximum absolute atomic E-state index is 12.5. The van der Waals surface area contributed by atoms with Crippen LogP contribution in [0, 0.1) is 6.92 Å². The molecule has 1 N–H and O–H groups in total. The Morgan fingerprint density at radius 3 is 2.67 bits per heavy atom. The summed E-state index contributed by atoms with van der Waals surface area (Å²) in [5.41, 5.74) is 2.50. The van der Waals surface area contributed by atoms with Gasteiger partial charge < -0.3 is 14.6 Å². The van der Waals surface area contributed by atoms with Crippen LogP contribution < -0.4 is 10.2 Å². The summed E-state index contributed by atoms with van der Waals surface area (Å²) in [5, 5.41) is 2.86. The van der Waals surface area contributed by atoms with Crippen LogP contribution in [0.5, 0.6) is 0 Å². The molecule has 124 valence electrons. The molecule has 7 nitrogen and oxygen atoms in total. The maximum atomic E-state index is 12.5. The first kappa shape index (κ1) is 15.9. The van der Waals surface area contributed by atoms with Gasteiger partial charge in [-0.1, -0.05) is 12.1 Å². The molecule has 2 aromatic heterocycles. The van der Waals surface area contributed by atoms with Crippen molar-refractivity contribution in [3.8, 4) is 0 Å². The van der Waals surface area contributed by atoms with Crippen LogP contribution >= 0.6 is 0 Å². The Morgan fingerprint density at radius 2 is 1.96 bits per heavy atom. The normalized spacial score (nSPS) is 12.2. The lowest BCUT2D eigenvalue weighted by Crippen LogP contribution is -2.28. The van der Waals surface area contributed by atoms with Crippen LogP contribution in [0.2, 0.25) is 0 Å². The van der Waals surface area contributed by atoms with Gasteiger partial charge in [-0.25, -0.2) is 15.0 Å². The number of aryl methyl sites for hydroxylation is 1. The van der Waals surface area contributed by atoms with Crippen LogP contribution in [-0.4, -0.2) is 35.0 Å². The van der Waals surface area contributed by atoms with E-state index < -0.39 is 0 Å². The smallest absolute Gasteiger partial charge is 0.270 e. The Bertz CT molecular complexity index is 855. The van der Waals surface area contributed by atoms with Crippen molar-refractivity contribution >= 4 is 23.0 Å². The van der Waals surface area contributed by atoms with E-state index in [0.29, 0.717) is 23.1 Å². The number of amides is 1. The minimum atomic E-state index is -0.372. The number of nitrogens with one attached hydrogen (secondary N) is 1. The van der Waals surface area contributed by atoms with E-state index in [4.69, 9.17) is 4.42 Å². The minimum absolute atomic E-state index is 0.293. The van der Waals surface area contributed by atoms with E-state index >= 15 is 0 Å². The third-order valence-corrected chi connectivity index (χ3v) is 3.50. The highest BCUT2D eigenvalue weighted by atomic mass is 16.3. The molecule has 0 spiro atoms. The fraction of sp³-hybridized carbons (Fsp3) is 0.294. The number of fused-ring (bicyclic) bond motifs is 1. The molecular weight excluding hydrogens is 306 g/mol. The third-order valence-electron chi connectivity index (χ3n) is 3.50. The number of carbonyl (C=O) groups excluding carboxylic acids is 1. The Hall–Kier alpha value is -2.96. The van der Waals surface area contributed by atoms with Crippen molar-refractivity contribution in [2.45, 2.75) is 19.9 Å². The van der Waals surface area contributed by atoms with Gasteiger partial charge in [0.25, 0.3) is 5.91 Å². The van der Waals surface area contributed by atoms with E-state index in [1.54, 1.807) is 11.0 Å². The van der Waals surface area contributed by atoms with Crippen LogP contribution in [0.25, 0.3) is 11.1 Å². The molecule has 0 radical (unpaired) electrons. The molecular formula is C17H19N5O2. The van der Waals surface area contributed by atoms with Gasteiger partial charge in [0.05, 0.1) is 0 Å². The number of hydrogen-bond donors (Lipinski definition) is 1. The largest absolute Gasteiger partial charge is 0.438 e. The topological polar surface area (TPSA) is 84.2 Å². The van der Waals surface area contributed by atoms with Gasteiger partial charge in [0.1, 0.15) is 17.3 Å². The van der Waals surface area contributed by atoms with Gasteiger partial charge in [-0.3, -0.25) is 4.79 Å². The van der Waals surface area contributed by atoms with Crippen LogP contribution in [0.4, 0.5) is 5.95 Å². The van der Waals surface area contributed by atoms with Gasteiger partial charge in [-0.05, 0) is 32.0 Å². The van der Waals surface area contributed by atoms with Crippen LogP contribution in [0.3, 0.4) is 0 Å². The summed E-state index contributed by atoms with van der Waals surface area (Å²) in [6.45, 7) is 3.65. The Balaban J connectivity index is 1.81. The first-order valence-electron chi connectivity index (χ1n) is 7.63. The summed E-state index contributed by atoms with van der Waals surface area (Å²) in [6.07, 6.45) is 0. The summed E-state index contributed by atoms with van der Waals surface area (Å²) in [6, 6.07) is 8.77. The zero-order valence-electron chi connectivity index (χ0n) is 14.1. The van der Waals surface area contributed by atoms with Crippen molar-refractivity contribution in [2.24, 2.45) is 0 Å². The highest BCUT2D eigenvalue weighted by Crippen LogP contribution is 2.20. The Kier molecular flexibility index (Phi) is 4.16. The van der Waals surface area contributed by atoms with Gasteiger partial charge in [-0.15, -0.1) is 0 Å². The number of carbonyl (C=O) groups is 1. The van der Waals surface area contributed by atoms with Crippen LogP contribution in [0.1, 0.15) is 35.0 Å². The Morgan fingerprint density at radius 1 is 1.21 bits per heavy atom. The van der Waals surface area contributed by atoms with Gasteiger partial charge >= 0.3 is 0 Å². The number of benzene rings is 1. The number of oxazole rings is 1. The lowest BCUT2D eigenvalue weighted by atomic mass is 10.2. The molecule has 1 aromatic carbocycles. The zero-order valence-corrected chi connectivity index (χ0v) is 14.1. The molecule has 7 heteroatoms. The average Bonchev–Trinajstić information content (AvgIpc) is 2.98.